The molecule has 8 heteroatoms. The number of nitrogens with one attached hydrogen (secondary N) is 1. The SMILES string of the molecule is CNCc1cn(Cc2noc(-c3cccs3)n2)nn1. The van der Waals surface area contributed by atoms with Crippen molar-refractivity contribution in [2.75, 3.05) is 7.05 Å². The Kier molecular flexibility index (Phi) is 3.34. The monoisotopic (exact) mass is 276 g/mol. The highest BCUT2D eigenvalue weighted by Crippen LogP contribution is 2.22. The van der Waals surface area contributed by atoms with Gasteiger partial charge in [-0.05, 0) is 18.5 Å². The van der Waals surface area contributed by atoms with Gasteiger partial charge >= 0.3 is 0 Å². The highest BCUT2D eigenvalue weighted by molar-refractivity contribution is 7.13. The fourth-order valence-corrected chi connectivity index (χ4v) is 2.29. The third-order valence-corrected chi connectivity index (χ3v) is 3.31. The molecule has 1 N–H and O–H groups in total. The molecular formula is C11H12N6OS. The van der Waals surface area contributed by atoms with Crippen LogP contribution in [-0.2, 0) is 13.1 Å². The van der Waals surface area contributed by atoms with Crippen molar-refractivity contribution >= 4 is 11.3 Å². The van der Waals surface area contributed by atoms with Gasteiger partial charge in [0.2, 0.25) is 0 Å². The highest BCUT2D eigenvalue weighted by Gasteiger charge is 2.10. The zero-order valence-corrected chi connectivity index (χ0v) is 11.1. The number of aromatic nitrogens is 5. The van der Waals surface area contributed by atoms with E-state index in [-0.39, 0.29) is 0 Å². The lowest BCUT2D eigenvalue weighted by atomic mass is 10.4. The molecule has 3 aromatic heterocycles. The van der Waals surface area contributed by atoms with Gasteiger partial charge in [0.25, 0.3) is 5.89 Å². The second-order valence-electron chi connectivity index (χ2n) is 3.93. The van der Waals surface area contributed by atoms with Gasteiger partial charge in [-0.2, -0.15) is 4.98 Å². The molecule has 0 atom stereocenters. The molecule has 0 fully saturated rings. The molecule has 0 bridgehead atoms. The van der Waals surface area contributed by atoms with E-state index in [1.165, 1.54) is 0 Å². The average Bonchev–Trinajstić information content (AvgIpc) is 3.10. The van der Waals surface area contributed by atoms with Crippen molar-refractivity contribution in [2.45, 2.75) is 13.1 Å². The lowest BCUT2D eigenvalue weighted by Crippen LogP contribution is -2.05. The number of nitrogens with zero attached hydrogens (tertiary/aromatic N) is 5. The van der Waals surface area contributed by atoms with Crippen LogP contribution < -0.4 is 5.32 Å². The van der Waals surface area contributed by atoms with Gasteiger partial charge in [0.15, 0.2) is 5.82 Å². The zero-order chi connectivity index (χ0) is 13.1. The molecule has 0 unspecified atom stereocenters. The summed E-state index contributed by atoms with van der Waals surface area (Å²) in [5.41, 5.74) is 0.879. The first-order chi connectivity index (χ1) is 9.35. The van der Waals surface area contributed by atoms with Crippen molar-refractivity contribution in [3.05, 3.63) is 35.2 Å². The van der Waals surface area contributed by atoms with Crippen LogP contribution >= 0.6 is 11.3 Å². The van der Waals surface area contributed by atoms with Crippen LogP contribution in [-0.4, -0.2) is 32.2 Å². The van der Waals surface area contributed by atoms with Crippen LogP contribution in [0.2, 0.25) is 0 Å². The lowest BCUT2D eigenvalue weighted by Gasteiger charge is -1.92. The topological polar surface area (TPSA) is 81.7 Å². The summed E-state index contributed by atoms with van der Waals surface area (Å²) in [4.78, 5) is 5.30. The minimum atomic E-state index is 0.450. The van der Waals surface area contributed by atoms with Crippen molar-refractivity contribution in [1.29, 1.82) is 0 Å². The van der Waals surface area contributed by atoms with Crippen molar-refractivity contribution in [1.82, 2.24) is 30.5 Å². The van der Waals surface area contributed by atoms with Crippen LogP contribution in [0.15, 0.2) is 28.2 Å². The smallest absolute Gasteiger partial charge is 0.268 e. The summed E-state index contributed by atoms with van der Waals surface area (Å²) in [6.45, 7) is 1.14. The van der Waals surface area contributed by atoms with Crippen LogP contribution in [0.1, 0.15) is 11.5 Å². The van der Waals surface area contributed by atoms with Gasteiger partial charge in [-0.3, -0.25) is 0 Å². The Hall–Kier alpha value is -2.06. The summed E-state index contributed by atoms with van der Waals surface area (Å²) in [6.07, 6.45) is 1.86. The van der Waals surface area contributed by atoms with Crippen molar-refractivity contribution in [3.8, 4) is 10.8 Å². The second kappa shape index (κ2) is 5.29. The first-order valence-corrected chi connectivity index (χ1v) is 6.63. The maximum absolute atomic E-state index is 5.21. The summed E-state index contributed by atoms with van der Waals surface area (Å²) < 4.78 is 6.90. The van der Waals surface area contributed by atoms with Gasteiger partial charge in [-0.15, -0.1) is 16.4 Å². The molecular weight excluding hydrogens is 264 g/mol. The van der Waals surface area contributed by atoms with Crippen molar-refractivity contribution < 1.29 is 4.52 Å². The Bertz CT molecular complexity index is 644. The zero-order valence-electron chi connectivity index (χ0n) is 10.3. The van der Waals surface area contributed by atoms with Gasteiger partial charge in [0, 0.05) is 6.54 Å². The minimum Gasteiger partial charge on any atom is -0.333 e. The molecule has 3 aromatic rings. The van der Waals surface area contributed by atoms with E-state index >= 15 is 0 Å². The summed E-state index contributed by atoms with van der Waals surface area (Å²) in [6, 6.07) is 3.90. The minimum absolute atomic E-state index is 0.450. The van der Waals surface area contributed by atoms with Gasteiger partial charge in [-0.1, -0.05) is 16.4 Å². The fraction of sp³-hybridized carbons (Fsp3) is 0.273. The fourth-order valence-electron chi connectivity index (χ4n) is 1.64. The van der Waals surface area contributed by atoms with E-state index in [1.54, 1.807) is 16.0 Å². The van der Waals surface area contributed by atoms with E-state index < -0.39 is 0 Å². The molecule has 0 radical (unpaired) electrons. The average molecular weight is 276 g/mol. The number of hydrogen-bond donors (Lipinski definition) is 1. The Morgan fingerprint density at radius 1 is 1.47 bits per heavy atom. The van der Waals surface area contributed by atoms with Crippen LogP contribution in [0.4, 0.5) is 0 Å². The van der Waals surface area contributed by atoms with E-state index in [4.69, 9.17) is 4.52 Å². The quantitative estimate of drug-likeness (QED) is 0.753. The maximum atomic E-state index is 5.21. The first-order valence-electron chi connectivity index (χ1n) is 5.75. The molecule has 3 rings (SSSR count). The van der Waals surface area contributed by atoms with Gasteiger partial charge in [-0.25, -0.2) is 4.68 Å². The molecule has 0 saturated carbocycles. The largest absolute Gasteiger partial charge is 0.333 e. The first kappa shape index (κ1) is 12.0. The lowest BCUT2D eigenvalue weighted by molar-refractivity contribution is 0.419. The maximum Gasteiger partial charge on any atom is 0.268 e. The second-order valence-corrected chi connectivity index (χ2v) is 4.88. The number of rotatable bonds is 5. The van der Waals surface area contributed by atoms with E-state index in [9.17, 15) is 0 Å². The number of hydrogen-bond acceptors (Lipinski definition) is 7. The molecule has 19 heavy (non-hydrogen) atoms. The van der Waals surface area contributed by atoms with Crippen LogP contribution in [0, 0.1) is 0 Å². The van der Waals surface area contributed by atoms with E-state index in [0.717, 1.165) is 10.6 Å². The Labute approximate surface area is 113 Å². The molecule has 0 saturated heterocycles. The molecule has 0 spiro atoms. The molecule has 0 amide bonds. The Morgan fingerprint density at radius 3 is 3.21 bits per heavy atom. The predicted octanol–water partition coefficient (Wildman–Crippen LogP) is 1.16. The molecule has 3 heterocycles. The summed E-state index contributed by atoms with van der Waals surface area (Å²) in [7, 11) is 1.87. The molecule has 7 nitrogen and oxygen atoms in total. The normalized spacial score (nSPS) is 11.0. The molecule has 0 aliphatic heterocycles. The summed E-state index contributed by atoms with van der Waals surface area (Å²) >= 11 is 1.57. The van der Waals surface area contributed by atoms with Gasteiger partial charge in [0.1, 0.15) is 6.54 Å². The van der Waals surface area contributed by atoms with E-state index in [2.05, 4.69) is 25.8 Å². The van der Waals surface area contributed by atoms with Crippen molar-refractivity contribution in [2.24, 2.45) is 0 Å². The third-order valence-electron chi connectivity index (χ3n) is 2.45. The summed E-state index contributed by atoms with van der Waals surface area (Å²) in [5, 5.41) is 17.0. The Morgan fingerprint density at radius 2 is 2.42 bits per heavy atom. The molecule has 0 aromatic carbocycles. The Balaban J connectivity index is 1.72. The van der Waals surface area contributed by atoms with Crippen LogP contribution in [0.3, 0.4) is 0 Å². The standard InChI is InChI=1S/C11H12N6OS/c1-12-5-8-6-17(16-14-8)7-10-13-11(18-15-10)9-3-2-4-19-9/h2-4,6,12H,5,7H2,1H3. The summed E-state index contributed by atoms with van der Waals surface area (Å²) in [5.74, 6) is 1.13. The third kappa shape index (κ3) is 2.69. The number of thiophene rings is 1. The molecule has 0 aliphatic carbocycles. The van der Waals surface area contributed by atoms with Gasteiger partial charge in [0.05, 0.1) is 16.8 Å². The van der Waals surface area contributed by atoms with Crippen LogP contribution in [0.25, 0.3) is 10.8 Å². The van der Waals surface area contributed by atoms with Crippen LogP contribution in [0.5, 0.6) is 0 Å². The van der Waals surface area contributed by atoms with E-state index in [0.29, 0.717) is 24.8 Å². The highest BCUT2D eigenvalue weighted by atomic mass is 32.1. The molecule has 0 aliphatic rings. The van der Waals surface area contributed by atoms with Gasteiger partial charge < -0.3 is 9.84 Å². The van der Waals surface area contributed by atoms with E-state index in [1.807, 2.05) is 30.8 Å². The van der Waals surface area contributed by atoms with Crippen molar-refractivity contribution in [3.63, 3.8) is 0 Å². The molecule has 98 valence electrons. The predicted molar refractivity (Wildman–Crippen MR) is 69.5 cm³/mol.